The molecule has 1 aromatic rings. The van der Waals surface area contributed by atoms with E-state index in [1.807, 2.05) is 0 Å². The number of carboxylic acid groups (broad SMARTS) is 1. The summed E-state index contributed by atoms with van der Waals surface area (Å²) in [5.74, 6) is -2.14. The molecular formula is C23H30F2O6. The second-order valence-electron chi connectivity index (χ2n) is 8.48. The predicted octanol–water partition coefficient (Wildman–Crippen LogP) is 3.31. The molecule has 0 spiro atoms. The Morgan fingerprint density at radius 2 is 2.13 bits per heavy atom. The smallest absolute Gasteiger partial charge is 0.303 e. The van der Waals surface area contributed by atoms with Gasteiger partial charge in [-0.05, 0) is 49.7 Å². The minimum atomic E-state index is -1.04. The summed E-state index contributed by atoms with van der Waals surface area (Å²) in [5.41, 5.74) is 0. The van der Waals surface area contributed by atoms with Crippen LogP contribution in [0.15, 0.2) is 30.4 Å². The molecule has 0 bridgehead atoms. The topological polar surface area (TPSA) is 96.2 Å². The van der Waals surface area contributed by atoms with Crippen molar-refractivity contribution in [1.82, 2.24) is 0 Å². The van der Waals surface area contributed by atoms with E-state index in [4.69, 9.17) is 14.6 Å². The molecule has 172 valence electrons. The molecule has 31 heavy (non-hydrogen) atoms. The van der Waals surface area contributed by atoms with E-state index in [1.165, 1.54) is 6.08 Å². The lowest BCUT2D eigenvalue weighted by atomic mass is 9.86. The van der Waals surface area contributed by atoms with Gasteiger partial charge in [0.25, 0.3) is 0 Å². The lowest BCUT2D eigenvalue weighted by Crippen LogP contribution is -2.22. The van der Waals surface area contributed by atoms with Crippen LogP contribution >= 0.6 is 0 Å². The molecule has 1 heterocycles. The number of halogens is 2. The third kappa shape index (κ3) is 6.72. The molecule has 3 rings (SSSR count). The molecule has 0 amide bonds. The van der Waals surface area contributed by atoms with Crippen LogP contribution in [0.1, 0.15) is 38.5 Å². The standard InChI is InChI=1S/C23H30F2O6/c24-15-5-9-19(25)22(10-15)31-13-16(26)6-8-17-18-7-4-14(2-1-3-23(28)29)12-30-21(18)11-20(17)27/h5-6,8-10,14,16-18,20-21,26-27H,1-4,7,11-13H2,(H,28,29)/t14-,16-,17+,18+,20+,21-/m0/s1. The molecule has 0 unspecified atom stereocenters. The highest BCUT2D eigenvalue weighted by molar-refractivity contribution is 5.66. The monoisotopic (exact) mass is 440 g/mol. The fourth-order valence-corrected chi connectivity index (χ4v) is 4.56. The highest BCUT2D eigenvalue weighted by atomic mass is 19.1. The summed E-state index contributed by atoms with van der Waals surface area (Å²) >= 11 is 0. The molecule has 2 fully saturated rings. The number of hydrogen-bond acceptors (Lipinski definition) is 5. The van der Waals surface area contributed by atoms with Gasteiger partial charge in [-0.1, -0.05) is 12.2 Å². The summed E-state index contributed by atoms with van der Waals surface area (Å²) in [5, 5.41) is 29.4. The van der Waals surface area contributed by atoms with Crippen molar-refractivity contribution in [3.8, 4) is 5.75 Å². The van der Waals surface area contributed by atoms with E-state index >= 15 is 0 Å². The fraction of sp³-hybridized carbons (Fsp3) is 0.609. The van der Waals surface area contributed by atoms with Crippen molar-refractivity contribution in [2.45, 2.75) is 56.8 Å². The van der Waals surface area contributed by atoms with Crippen molar-refractivity contribution < 1.29 is 38.4 Å². The van der Waals surface area contributed by atoms with E-state index in [0.29, 0.717) is 25.4 Å². The highest BCUT2D eigenvalue weighted by Gasteiger charge is 2.43. The average molecular weight is 440 g/mol. The Morgan fingerprint density at radius 3 is 2.90 bits per heavy atom. The maximum absolute atomic E-state index is 13.6. The van der Waals surface area contributed by atoms with Crippen LogP contribution in [0.3, 0.4) is 0 Å². The summed E-state index contributed by atoms with van der Waals surface area (Å²) < 4.78 is 38.0. The minimum absolute atomic E-state index is 0.0658. The van der Waals surface area contributed by atoms with E-state index < -0.39 is 29.8 Å². The number of carboxylic acids is 1. The number of aliphatic carboxylic acids is 1. The van der Waals surface area contributed by atoms with Crippen molar-refractivity contribution in [3.05, 3.63) is 42.0 Å². The van der Waals surface area contributed by atoms with Gasteiger partial charge in [0.1, 0.15) is 18.5 Å². The average Bonchev–Trinajstić information content (AvgIpc) is 2.88. The Labute approximate surface area is 180 Å². The van der Waals surface area contributed by atoms with Crippen molar-refractivity contribution in [1.29, 1.82) is 0 Å². The van der Waals surface area contributed by atoms with Crippen molar-refractivity contribution in [3.63, 3.8) is 0 Å². The van der Waals surface area contributed by atoms with Gasteiger partial charge >= 0.3 is 5.97 Å². The van der Waals surface area contributed by atoms with Gasteiger partial charge in [-0.2, -0.15) is 0 Å². The van der Waals surface area contributed by atoms with Crippen LogP contribution in [0, 0.1) is 29.4 Å². The van der Waals surface area contributed by atoms with E-state index in [0.717, 1.165) is 37.5 Å². The summed E-state index contributed by atoms with van der Waals surface area (Å²) in [6.07, 6.45) is 5.47. The fourth-order valence-electron chi connectivity index (χ4n) is 4.56. The van der Waals surface area contributed by atoms with E-state index in [1.54, 1.807) is 6.08 Å². The van der Waals surface area contributed by atoms with Crippen molar-refractivity contribution in [2.24, 2.45) is 17.8 Å². The van der Waals surface area contributed by atoms with Gasteiger partial charge in [0.15, 0.2) is 11.6 Å². The van der Waals surface area contributed by atoms with E-state index in [2.05, 4.69) is 0 Å². The van der Waals surface area contributed by atoms with Gasteiger partial charge in [-0.15, -0.1) is 0 Å². The van der Waals surface area contributed by atoms with E-state index in [-0.39, 0.29) is 36.7 Å². The first-order chi connectivity index (χ1) is 14.8. The van der Waals surface area contributed by atoms with Crippen LogP contribution < -0.4 is 4.74 Å². The van der Waals surface area contributed by atoms with Crippen molar-refractivity contribution >= 4 is 5.97 Å². The Hall–Kier alpha value is -2.03. The van der Waals surface area contributed by atoms with Crippen LogP contribution in [-0.2, 0) is 9.53 Å². The molecular weight excluding hydrogens is 410 g/mol. The maximum atomic E-state index is 13.6. The van der Waals surface area contributed by atoms with Gasteiger partial charge < -0.3 is 24.8 Å². The third-order valence-electron chi connectivity index (χ3n) is 6.21. The Balaban J connectivity index is 1.51. The molecule has 1 saturated carbocycles. The molecule has 8 heteroatoms. The summed E-state index contributed by atoms with van der Waals surface area (Å²) in [6.45, 7) is 0.329. The molecule has 1 saturated heterocycles. The molecule has 1 aromatic carbocycles. The third-order valence-corrected chi connectivity index (χ3v) is 6.21. The van der Waals surface area contributed by atoms with Crippen LogP contribution in [0.4, 0.5) is 8.78 Å². The first-order valence-electron chi connectivity index (χ1n) is 10.8. The number of carbonyl (C=O) groups is 1. The van der Waals surface area contributed by atoms with Crippen LogP contribution in [0.2, 0.25) is 0 Å². The Morgan fingerprint density at radius 1 is 1.32 bits per heavy atom. The summed E-state index contributed by atoms with van der Waals surface area (Å²) in [4.78, 5) is 10.7. The van der Waals surface area contributed by atoms with Gasteiger partial charge in [-0.3, -0.25) is 4.79 Å². The number of aliphatic hydroxyl groups is 2. The number of hydrogen-bond donors (Lipinski definition) is 3. The quantitative estimate of drug-likeness (QED) is 0.510. The van der Waals surface area contributed by atoms with Gasteiger partial charge in [-0.25, -0.2) is 8.78 Å². The molecule has 1 aliphatic carbocycles. The molecule has 6 nitrogen and oxygen atoms in total. The Bertz CT molecular complexity index is 770. The van der Waals surface area contributed by atoms with Gasteiger partial charge in [0.2, 0.25) is 0 Å². The van der Waals surface area contributed by atoms with E-state index in [9.17, 15) is 23.8 Å². The minimum Gasteiger partial charge on any atom is -0.487 e. The van der Waals surface area contributed by atoms with Gasteiger partial charge in [0.05, 0.1) is 12.2 Å². The van der Waals surface area contributed by atoms with Crippen molar-refractivity contribution in [2.75, 3.05) is 13.2 Å². The number of fused-ring (bicyclic) bond motifs is 1. The lowest BCUT2D eigenvalue weighted by molar-refractivity contribution is -0.137. The maximum Gasteiger partial charge on any atom is 0.303 e. The molecule has 3 N–H and O–H groups in total. The summed E-state index contributed by atoms with van der Waals surface area (Å²) in [7, 11) is 0. The SMILES string of the molecule is O=C(O)CCC[C@H]1CC[C@@H]2[C@@H](C=C[C@H](O)COc3cc(F)ccc3F)[C@H](O)C[C@@H]2OC1. The molecule has 1 aliphatic heterocycles. The second-order valence-corrected chi connectivity index (χ2v) is 8.48. The zero-order valence-corrected chi connectivity index (χ0v) is 17.3. The Kier molecular flexibility index (Phi) is 8.40. The number of benzene rings is 1. The summed E-state index contributed by atoms with van der Waals surface area (Å²) in [6, 6.07) is 2.87. The zero-order chi connectivity index (χ0) is 22.4. The predicted molar refractivity (Wildman–Crippen MR) is 109 cm³/mol. The number of aliphatic hydroxyl groups excluding tert-OH is 2. The van der Waals surface area contributed by atoms with Crippen LogP contribution in [-0.4, -0.2) is 52.8 Å². The lowest BCUT2D eigenvalue weighted by Gasteiger charge is -2.21. The molecule has 2 aliphatic rings. The molecule has 0 aromatic heterocycles. The second kappa shape index (κ2) is 11.0. The van der Waals surface area contributed by atoms with Crippen LogP contribution in [0.25, 0.3) is 0 Å². The number of rotatable bonds is 9. The number of ether oxygens (including phenoxy) is 2. The zero-order valence-electron chi connectivity index (χ0n) is 17.3. The normalized spacial score (nSPS) is 29.5. The first-order valence-corrected chi connectivity index (χ1v) is 10.8. The highest BCUT2D eigenvalue weighted by Crippen LogP contribution is 2.42. The molecule has 6 atom stereocenters. The van der Waals surface area contributed by atoms with Gasteiger partial charge in [0, 0.05) is 31.4 Å². The largest absolute Gasteiger partial charge is 0.487 e. The molecule has 0 radical (unpaired) electrons. The first kappa shape index (κ1) is 23.6. The van der Waals surface area contributed by atoms with Crippen LogP contribution in [0.5, 0.6) is 5.75 Å².